The van der Waals surface area contributed by atoms with Crippen molar-refractivity contribution in [3.8, 4) is 0 Å². The number of unbranched alkanes of at least 4 members (excludes halogenated alkanes) is 3. The largest absolute Gasteiger partial charge is 0.466 e. The van der Waals surface area contributed by atoms with E-state index in [1.807, 2.05) is 0 Å². The Balaban J connectivity index is 1.86. The zero-order valence-electron chi connectivity index (χ0n) is 12.1. The maximum atomic E-state index is 11.4. The fourth-order valence-electron chi connectivity index (χ4n) is 2.76. The quantitative estimate of drug-likeness (QED) is 0.434. The molecule has 18 heavy (non-hydrogen) atoms. The first-order chi connectivity index (χ1) is 8.83. The molecule has 1 fully saturated rings. The lowest BCUT2D eigenvalue weighted by atomic mass is 9.85. The van der Waals surface area contributed by atoms with E-state index in [0.29, 0.717) is 13.0 Å². The molecule has 1 aliphatic carbocycles. The number of carbonyl (C=O) groups is 1. The normalized spacial score (nSPS) is 16.7. The van der Waals surface area contributed by atoms with Crippen molar-refractivity contribution in [1.29, 1.82) is 0 Å². The second-order valence-corrected chi connectivity index (χ2v) is 5.68. The summed E-state index contributed by atoms with van der Waals surface area (Å²) in [5.74, 6) is 0.983. The van der Waals surface area contributed by atoms with Gasteiger partial charge in [-0.25, -0.2) is 0 Å². The number of hydrogen-bond acceptors (Lipinski definition) is 2. The minimum absolute atomic E-state index is 0.00103. The summed E-state index contributed by atoms with van der Waals surface area (Å²) in [5.41, 5.74) is 0. The van der Waals surface area contributed by atoms with Crippen LogP contribution >= 0.6 is 0 Å². The fraction of sp³-hybridized carbons (Fsp3) is 0.938. The van der Waals surface area contributed by atoms with Crippen molar-refractivity contribution in [2.24, 2.45) is 5.92 Å². The predicted molar refractivity (Wildman–Crippen MR) is 75.5 cm³/mol. The highest BCUT2D eigenvalue weighted by Crippen LogP contribution is 2.27. The van der Waals surface area contributed by atoms with Crippen LogP contribution in [0.15, 0.2) is 0 Å². The molecule has 0 unspecified atom stereocenters. The van der Waals surface area contributed by atoms with Crippen molar-refractivity contribution >= 4 is 5.97 Å². The van der Waals surface area contributed by atoms with Crippen LogP contribution < -0.4 is 0 Å². The van der Waals surface area contributed by atoms with E-state index in [9.17, 15) is 4.79 Å². The summed E-state index contributed by atoms with van der Waals surface area (Å²) in [6, 6.07) is 0. The molecule has 0 N–H and O–H groups in total. The van der Waals surface area contributed by atoms with Gasteiger partial charge in [0, 0.05) is 6.42 Å². The lowest BCUT2D eigenvalue weighted by Gasteiger charge is -2.21. The molecule has 0 amide bonds. The van der Waals surface area contributed by atoms with E-state index in [4.69, 9.17) is 4.74 Å². The molecule has 0 aromatic rings. The number of rotatable bonds is 9. The minimum Gasteiger partial charge on any atom is -0.466 e. The van der Waals surface area contributed by atoms with Crippen molar-refractivity contribution in [3.05, 3.63) is 0 Å². The Bertz CT molecular complexity index is 207. The topological polar surface area (TPSA) is 26.3 Å². The Morgan fingerprint density at radius 1 is 1.06 bits per heavy atom. The van der Waals surface area contributed by atoms with Crippen LogP contribution in [0.5, 0.6) is 0 Å². The molecule has 1 aliphatic rings. The summed E-state index contributed by atoms with van der Waals surface area (Å²) in [4.78, 5) is 11.4. The van der Waals surface area contributed by atoms with Gasteiger partial charge >= 0.3 is 5.97 Å². The Kier molecular flexibility index (Phi) is 8.97. The van der Waals surface area contributed by atoms with Crippen LogP contribution in [0.3, 0.4) is 0 Å². The van der Waals surface area contributed by atoms with Crippen molar-refractivity contribution in [2.45, 2.75) is 84.0 Å². The molecule has 106 valence electrons. The monoisotopic (exact) mass is 254 g/mol. The number of ether oxygens (including phenoxy) is 1. The number of carbonyl (C=O) groups excluding carboxylic acids is 1. The molecule has 0 heterocycles. The van der Waals surface area contributed by atoms with Crippen LogP contribution in [-0.2, 0) is 9.53 Å². The summed E-state index contributed by atoms with van der Waals surface area (Å²) in [7, 11) is 0. The summed E-state index contributed by atoms with van der Waals surface area (Å²) in [6.07, 6.45) is 14.8. The third-order valence-electron chi connectivity index (χ3n) is 3.98. The van der Waals surface area contributed by atoms with Gasteiger partial charge in [-0.15, -0.1) is 0 Å². The van der Waals surface area contributed by atoms with E-state index in [1.165, 1.54) is 51.4 Å². The zero-order valence-corrected chi connectivity index (χ0v) is 12.1. The second kappa shape index (κ2) is 10.4. The van der Waals surface area contributed by atoms with Gasteiger partial charge in [-0.2, -0.15) is 0 Å². The molecule has 1 saturated carbocycles. The summed E-state index contributed by atoms with van der Waals surface area (Å²) < 4.78 is 5.14. The molecular weight excluding hydrogens is 224 g/mol. The Morgan fingerprint density at radius 3 is 2.56 bits per heavy atom. The number of hydrogen-bond donors (Lipinski definition) is 0. The van der Waals surface area contributed by atoms with E-state index in [1.54, 1.807) is 0 Å². The van der Waals surface area contributed by atoms with Crippen LogP contribution in [0.1, 0.15) is 84.0 Å². The average Bonchev–Trinajstić information content (AvgIpc) is 2.40. The van der Waals surface area contributed by atoms with Gasteiger partial charge in [0.2, 0.25) is 0 Å². The Morgan fingerprint density at radius 2 is 1.83 bits per heavy atom. The SMILES string of the molecule is CCCCOC(=O)CCCCCC1CCCCC1. The molecule has 0 atom stereocenters. The molecule has 0 aliphatic heterocycles. The molecule has 0 bridgehead atoms. The van der Waals surface area contributed by atoms with E-state index in [2.05, 4.69) is 6.92 Å². The van der Waals surface area contributed by atoms with Crippen molar-refractivity contribution in [2.75, 3.05) is 6.61 Å². The maximum Gasteiger partial charge on any atom is 0.305 e. The van der Waals surface area contributed by atoms with Gasteiger partial charge in [0.25, 0.3) is 0 Å². The summed E-state index contributed by atoms with van der Waals surface area (Å²) >= 11 is 0. The fourth-order valence-corrected chi connectivity index (χ4v) is 2.76. The molecule has 0 saturated heterocycles. The lowest BCUT2D eigenvalue weighted by molar-refractivity contribution is -0.143. The van der Waals surface area contributed by atoms with E-state index >= 15 is 0 Å². The van der Waals surface area contributed by atoms with Gasteiger partial charge in [-0.1, -0.05) is 64.7 Å². The molecular formula is C16H30O2. The average molecular weight is 254 g/mol. The molecule has 2 nitrogen and oxygen atoms in total. The van der Waals surface area contributed by atoms with Gasteiger partial charge in [0.05, 0.1) is 6.61 Å². The summed E-state index contributed by atoms with van der Waals surface area (Å²) in [5, 5.41) is 0. The van der Waals surface area contributed by atoms with Crippen LogP contribution in [0, 0.1) is 5.92 Å². The molecule has 1 rings (SSSR count). The van der Waals surface area contributed by atoms with Crippen molar-refractivity contribution in [1.82, 2.24) is 0 Å². The van der Waals surface area contributed by atoms with Crippen LogP contribution in [-0.4, -0.2) is 12.6 Å². The van der Waals surface area contributed by atoms with Crippen LogP contribution in [0.4, 0.5) is 0 Å². The Labute approximate surface area is 112 Å². The van der Waals surface area contributed by atoms with Gasteiger partial charge in [0.1, 0.15) is 0 Å². The Hall–Kier alpha value is -0.530. The second-order valence-electron chi connectivity index (χ2n) is 5.68. The molecule has 0 spiro atoms. The molecule has 0 radical (unpaired) electrons. The van der Waals surface area contributed by atoms with E-state index in [0.717, 1.165) is 25.2 Å². The molecule has 0 aromatic heterocycles. The van der Waals surface area contributed by atoms with Crippen molar-refractivity contribution in [3.63, 3.8) is 0 Å². The predicted octanol–water partition coefficient (Wildman–Crippen LogP) is 4.86. The van der Waals surface area contributed by atoms with Crippen LogP contribution in [0.2, 0.25) is 0 Å². The van der Waals surface area contributed by atoms with Crippen LogP contribution in [0.25, 0.3) is 0 Å². The van der Waals surface area contributed by atoms with Gasteiger partial charge in [-0.3, -0.25) is 4.79 Å². The van der Waals surface area contributed by atoms with E-state index in [-0.39, 0.29) is 5.97 Å². The lowest BCUT2D eigenvalue weighted by Crippen LogP contribution is -2.07. The molecule has 0 aromatic carbocycles. The highest BCUT2D eigenvalue weighted by molar-refractivity contribution is 5.69. The third-order valence-corrected chi connectivity index (χ3v) is 3.98. The van der Waals surface area contributed by atoms with Crippen molar-refractivity contribution < 1.29 is 9.53 Å². The van der Waals surface area contributed by atoms with Gasteiger partial charge in [0.15, 0.2) is 0 Å². The zero-order chi connectivity index (χ0) is 13.1. The highest BCUT2D eigenvalue weighted by Gasteiger charge is 2.12. The maximum absolute atomic E-state index is 11.4. The smallest absolute Gasteiger partial charge is 0.305 e. The first kappa shape index (κ1) is 15.5. The standard InChI is InChI=1S/C16H30O2/c1-2-3-14-18-16(17)13-9-5-8-12-15-10-6-4-7-11-15/h15H,2-14H2,1H3. The number of esters is 1. The first-order valence-corrected chi connectivity index (χ1v) is 7.98. The molecule has 2 heteroatoms. The first-order valence-electron chi connectivity index (χ1n) is 7.98. The van der Waals surface area contributed by atoms with Gasteiger partial charge < -0.3 is 4.74 Å². The third kappa shape index (κ3) is 7.73. The minimum atomic E-state index is 0.00103. The summed E-state index contributed by atoms with van der Waals surface area (Å²) in [6.45, 7) is 2.72. The van der Waals surface area contributed by atoms with Gasteiger partial charge in [-0.05, 0) is 18.8 Å². The highest BCUT2D eigenvalue weighted by atomic mass is 16.5. The van der Waals surface area contributed by atoms with E-state index < -0.39 is 0 Å².